The molecule has 100 valence electrons. The molecule has 2 rings (SSSR count). The Morgan fingerprint density at radius 3 is 2.94 bits per heavy atom. The monoisotopic (exact) mass is 269 g/mol. The van der Waals surface area contributed by atoms with Crippen LogP contribution in [-0.4, -0.2) is 43.1 Å². The summed E-state index contributed by atoms with van der Waals surface area (Å²) in [4.78, 5) is 4.26. The molecular weight excluding hydrogens is 250 g/mol. The largest absolute Gasteiger partial charge is 0.366 e. The molecule has 1 aliphatic heterocycles. The topological polar surface area (TPSA) is 62.3 Å². The molecule has 0 bridgehead atoms. The van der Waals surface area contributed by atoms with Crippen molar-refractivity contribution in [3.63, 3.8) is 0 Å². The lowest BCUT2D eigenvalue weighted by Crippen LogP contribution is -2.30. The van der Waals surface area contributed by atoms with Crippen molar-refractivity contribution in [3.05, 3.63) is 23.9 Å². The first-order chi connectivity index (χ1) is 8.49. The van der Waals surface area contributed by atoms with Gasteiger partial charge in [-0.2, -0.15) is 0 Å². The Morgan fingerprint density at radius 2 is 2.33 bits per heavy atom. The number of hydrogen-bond donors (Lipinski definition) is 1. The van der Waals surface area contributed by atoms with Crippen molar-refractivity contribution in [1.82, 2.24) is 9.29 Å². The molecule has 6 heteroatoms. The fourth-order valence-corrected chi connectivity index (χ4v) is 3.02. The molecule has 1 fully saturated rings. The van der Waals surface area contributed by atoms with E-state index in [4.69, 9.17) is 0 Å². The Balaban J connectivity index is 1.99. The Labute approximate surface area is 108 Å². The molecule has 1 aromatic rings. The van der Waals surface area contributed by atoms with Crippen molar-refractivity contribution >= 4 is 15.8 Å². The fraction of sp³-hybridized carbons (Fsp3) is 0.583. The van der Waals surface area contributed by atoms with Gasteiger partial charge in [0.25, 0.3) is 0 Å². The maximum absolute atomic E-state index is 11.4. The summed E-state index contributed by atoms with van der Waals surface area (Å²) in [7, 11) is -3.07. The summed E-state index contributed by atoms with van der Waals surface area (Å²) in [5.74, 6) is 0.828. The molecule has 1 aromatic heterocycles. The molecule has 0 amide bonds. The number of nitrogens with zero attached hydrogens (tertiary/aromatic N) is 2. The average molecular weight is 269 g/mol. The molecule has 0 radical (unpaired) electrons. The molecule has 2 heterocycles. The van der Waals surface area contributed by atoms with Gasteiger partial charge in [-0.1, -0.05) is 6.92 Å². The van der Waals surface area contributed by atoms with Gasteiger partial charge >= 0.3 is 0 Å². The maximum atomic E-state index is 11.4. The molecule has 0 aromatic carbocycles. The van der Waals surface area contributed by atoms with Crippen LogP contribution in [0, 0.1) is 0 Å². The van der Waals surface area contributed by atoms with Crippen LogP contribution in [0.25, 0.3) is 0 Å². The van der Waals surface area contributed by atoms with Gasteiger partial charge in [0.05, 0.1) is 6.26 Å². The van der Waals surface area contributed by atoms with E-state index in [1.54, 1.807) is 6.20 Å². The van der Waals surface area contributed by atoms with Crippen LogP contribution < -0.4 is 5.32 Å². The van der Waals surface area contributed by atoms with Gasteiger partial charge in [-0.15, -0.1) is 0 Å². The summed E-state index contributed by atoms with van der Waals surface area (Å²) in [6.07, 6.45) is 4.83. The molecular formula is C12H19N3O2S. The second-order valence-corrected chi connectivity index (χ2v) is 6.64. The van der Waals surface area contributed by atoms with Crippen molar-refractivity contribution in [2.45, 2.75) is 25.8 Å². The SMILES string of the molecule is CCc1ccnc(NC2CCN(S(C)(=O)=O)C2)c1. The smallest absolute Gasteiger partial charge is 0.211 e. The third-order valence-electron chi connectivity index (χ3n) is 3.20. The van der Waals surface area contributed by atoms with E-state index in [0.29, 0.717) is 13.1 Å². The molecule has 1 atom stereocenters. The molecule has 0 saturated carbocycles. The third kappa shape index (κ3) is 3.20. The Morgan fingerprint density at radius 1 is 1.56 bits per heavy atom. The Bertz CT molecular complexity index is 516. The van der Waals surface area contributed by atoms with Crippen LogP contribution in [0.15, 0.2) is 18.3 Å². The highest BCUT2D eigenvalue weighted by atomic mass is 32.2. The first kappa shape index (κ1) is 13.3. The van der Waals surface area contributed by atoms with Gasteiger partial charge in [-0.3, -0.25) is 0 Å². The van der Waals surface area contributed by atoms with Gasteiger partial charge in [0, 0.05) is 25.3 Å². The summed E-state index contributed by atoms with van der Waals surface area (Å²) in [6, 6.07) is 4.16. The van der Waals surface area contributed by atoms with Gasteiger partial charge in [0.1, 0.15) is 5.82 Å². The van der Waals surface area contributed by atoms with Crippen molar-refractivity contribution in [1.29, 1.82) is 0 Å². The van der Waals surface area contributed by atoms with Crippen LogP contribution in [0.3, 0.4) is 0 Å². The number of aryl methyl sites for hydroxylation is 1. The van der Waals surface area contributed by atoms with Crippen LogP contribution in [0.2, 0.25) is 0 Å². The van der Waals surface area contributed by atoms with E-state index in [9.17, 15) is 8.42 Å². The van der Waals surface area contributed by atoms with Crippen molar-refractivity contribution in [2.24, 2.45) is 0 Å². The molecule has 0 spiro atoms. The van der Waals surface area contributed by atoms with Crippen LogP contribution in [-0.2, 0) is 16.4 Å². The molecule has 18 heavy (non-hydrogen) atoms. The minimum Gasteiger partial charge on any atom is -0.366 e. The number of pyridine rings is 1. The molecule has 1 N–H and O–H groups in total. The van der Waals surface area contributed by atoms with Crippen LogP contribution in [0.5, 0.6) is 0 Å². The Kier molecular flexibility index (Phi) is 3.87. The lowest BCUT2D eigenvalue weighted by Gasteiger charge is -2.15. The van der Waals surface area contributed by atoms with Crippen molar-refractivity contribution < 1.29 is 8.42 Å². The fourth-order valence-electron chi connectivity index (χ4n) is 2.13. The van der Waals surface area contributed by atoms with Crippen molar-refractivity contribution in [2.75, 3.05) is 24.7 Å². The molecule has 1 aliphatic rings. The molecule has 1 saturated heterocycles. The summed E-state index contributed by atoms with van der Waals surface area (Å²) in [5, 5.41) is 3.30. The number of hydrogen-bond acceptors (Lipinski definition) is 4. The first-order valence-corrected chi connectivity index (χ1v) is 8.00. The van der Waals surface area contributed by atoms with E-state index in [1.165, 1.54) is 16.1 Å². The van der Waals surface area contributed by atoms with Gasteiger partial charge in [0.2, 0.25) is 10.0 Å². The summed E-state index contributed by atoms with van der Waals surface area (Å²) in [6.45, 7) is 3.21. The minimum absolute atomic E-state index is 0.152. The summed E-state index contributed by atoms with van der Waals surface area (Å²) < 4.78 is 24.3. The second-order valence-electron chi connectivity index (χ2n) is 4.65. The van der Waals surface area contributed by atoms with Crippen LogP contribution in [0.4, 0.5) is 5.82 Å². The quantitative estimate of drug-likeness (QED) is 0.889. The van der Waals surface area contributed by atoms with E-state index >= 15 is 0 Å². The zero-order valence-corrected chi connectivity index (χ0v) is 11.6. The minimum atomic E-state index is -3.07. The van der Waals surface area contributed by atoms with Crippen LogP contribution in [0.1, 0.15) is 18.9 Å². The number of sulfonamides is 1. The summed E-state index contributed by atoms with van der Waals surface area (Å²) in [5.41, 5.74) is 1.23. The molecule has 5 nitrogen and oxygen atoms in total. The lowest BCUT2D eigenvalue weighted by atomic mass is 10.2. The predicted molar refractivity (Wildman–Crippen MR) is 72.1 cm³/mol. The zero-order valence-electron chi connectivity index (χ0n) is 10.8. The molecule has 0 aliphatic carbocycles. The average Bonchev–Trinajstić information content (AvgIpc) is 2.77. The number of aromatic nitrogens is 1. The number of rotatable bonds is 4. The second kappa shape index (κ2) is 5.24. The standard InChI is InChI=1S/C12H19N3O2S/c1-3-10-4-6-13-12(8-10)14-11-5-7-15(9-11)18(2,16)17/h4,6,8,11H,3,5,7,9H2,1-2H3,(H,13,14). The lowest BCUT2D eigenvalue weighted by molar-refractivity contribution is 0.480. The highest BCUT2D eigenvalue weighted by Gasteiger charge is 2.28. The maximum Gasteiger partial charge on any atom is 0.211 e. The normalized spacial score (nSPS) is 21.1. The van der Waals surface area contributed by atoms with Gasteiger partial charge < -0.3 is 5.32 Å². The number of nitrogens with one attached hydrogen (secondary N) is 1. The van der Waals surface area contributed by atoms with E-state index in [-0.39, 0.29) is 6.04 Å². The highest BCUT2D eigenvalue weighted by molar-refractivity contribution is 7.88. The van der Waals surface area contributed by atoms with E-state index < -0.39 is 10.0 Å². The first-order valence-electron chi connectivity index (χ1n) is 6.15. The number of anilines is 1. The highest BCUT2D eigenvalue weighted by Crippen LogP contribution is 2.17. The predicted octanol–water partition coefficient (Wildman–Crippen LogP) is 1.09. The third-order valence-corrected chi connectivity index (χ3v) is 4.47. The summed E-state index contributed by atoms with van der Waals surface area (Å²) >= 11 is 0. The Hall–Kier alpha value is -1.14. The van der Waals surface area contributed by atoms with Crippen molar-refractivity contribution in [3.8, 4) is 0 Å². The zero-order chi connectivity index (χ0) is 13.2. The van der Waals surface area contributed by atoms with Crippen LogP contribution >= 0.6 is 0 Å². The molecule has 1 unspecified atom stereocenters. The van der Waals surface area contributed by atoms with E-state index in [1.807, 2.05) is 12.1 Å². The van der Waals surface area contributed by atoms with E-state index in [2.05, 4.69) is 17.2 Å². The van der Waals surface area contributed by atoms with Gasteiger partial charge in [0.15, 0.2) is 0 Å². The van der Waals surface area contributed by atoms with Gasteiger partial charge in [-0.25, -0.2) is 17.7 Å². The van der Waals surface area contributed by atoms with E-state index in [0.717, 1.165) is 18.7 Å². The van der Waals surface area contributed by atoms with Gasteiger partial charge in [-0.05, 0) is 30.5 Å².